The molecule has 0 saturated carbocycles. The van der Waals surface area contributed by atoms with Gasteiger partial charge in [0.2, 0.25) is 0 Å². The van der Waals surface area contributed by atoms with E-state index in [-0.39, 0.29) is 5.41 Å². The third kappa shape index (κ3) is 3.67. The average Bonchev–Trinajstić information content (AvgIpc) is 2.87. The highest BCUT2D eigenvalue weighted by Crippen LogP contribution is 2.22. The zero-order valence-corrected chi connectivity index (χ0v) is 12.8. The molecule has 0 radical (unpaired) electrons. The largest absolute Gasteiger partial charge is 0.311 e. The van der Waals surface area contributed by atoms with E-state index in [0.717, 1.165) is 30.9 Å². The van der Waals surface area contributed by atoms with Crippen LogP contribution in [0.1, 0.15) is 45.4 Å². The first-order chi connectivity index (χ1) is 9.50. The number of nitrogens with one attached hydrogen (secondary N) is 1. The molecular weight excluding hydrogens is 248 g/mol. The molecule has 2 rings (SSSR count). The van der Waals surface area contributed by atoms with Gasteiger partial charge in [0.25, 0.3) is 0 Å². The molecule has 0 fully saturated rings. The van der Waals surface area contributed by atoms with Gasteiger partial charge in [-0.2, -0.15) is 0 Å². The Balaban J connectivity index is 2.08. The van der Waals surface area contributed by atoms with Crippen LogP contribution >= 0.6 is 0 Å². The molecule has 0 unspecified atom stereocenters. The van der Waals surface area contributed by atoms with Gasteiger partial charge in [-0.05, 0) is 36.1 Å². The van der Waals surface area contributed by atoms with Crippen LogP contribution in [0.2, 0.25) is 0 Å². The maximum Gasteiger partial charge on any atom is 0.0969 e. The van der Waals surface area contributed by atoms with Crippen LogP contribution in [-0.4, -0.2) is 21.5 Å². The second-order valence-corrected chi connectivity index (χ2v) is 6.13. The molecule has 0 bridgehead atoms. The molecule has 1 N–H and O–H groups in total. The molecule has 0 aliphatic rings. The van der Waals surface area contributed by atoms with Crippen molar-refractivity contribution in [3.05, 3.63) is 41.7 Å². The topological polar surface area (TPSA) is 42.7 Å². The van der Waals surface area contributed by atoms with Crippen molar-refractivity contribution in [2.45, 2.75) is 46.1 Å². The second kappa shape index (κ2) is 6.18. The van der Waals surface area contributed by atoms with Crippen LogP contribution in [-0.2, 0) is 12.0 Å². The molecule has 0 spiro atoms. The van der Waals surface area contributed by atoms with Gasteiger partial charge in [0.05, 0.1) is 17.6 Å². The molecule has 1 aromatic carbocycles. The van der Waals surface area contributed by atoms with Crippen LogP contribution < -0.4 is 5.32 Å². The van der Waals surface area contributed by atoms with Gasteiger partial charge < -0.3 is 5.32 Å². The lowest BCUT2D eigenvalue weighted by atomic mass is 9.87. The highest BCUT2D eigenvalue weighted by Gasteiger charge is 2.13. The number of hydrogen-bond donors (Lipinski definition) is 1. The van der Waals surface area contributed by atoms with E-state index in [0.29, 0.717) is 0 Å². The van der Waals surface area contributed by atoms with Gasteiger partial charge in [0.15, 0.2) is 0 Å². The van der Waals surface area contributed by atoms with E-state index in [1.165, 1.54) is 5.56 Å². The van der Waals surface area contributed by atoms with E-state index >= 15 is 0 Å². The van der Waals surface area contributed by atoms with E-state index in [4.69, 9.17) is 0 Å². The number of hydrogen-bond acceptors (Lipinski definition) is 3. The van der Waals surface area contributed by atoms with Crippen molar-refractivity contribution >= 4 is 0 Å². The summed E-state index contributed by atoms with van der Waals surface area (Å²) >= 11 is 0. The van der Waals surface area contributed by atoms with Gasteiger partial charge in [0.1, 0.15) is 0 Å². The molecule has 0 atom stereocenters. The van der Waals surface area contributed by atoms with Crippen molar-refractivity contribution in [1.82, 2.24) is 20.3 Å². The quantitative estimate of drug-likeness (QED) is 0.851. The normalized spacial score (nSPS) is 11.8. The molecular formula is C16H24N4. The Morgan fingerprint density at radius 3 is 2.45 bits per heavy atom. The van der Waals surface area contributed by atoms with Gasteiger partial charge >= 0.3 is 0 Å². The lowest BCUT2D eigenvalue weighted by molar-refractivity contribution is 0.590. The number of rotatable bonds is 5. The minimum atomic E-state index is 0.177. The fraction of sp³-hybridized carbons (Fsp3) is 0.500. The maximum atomic E-state index is 4.19. The van der Waals surface area contributed by atoms with Crippen LogP contribution in [0.15, 0.2) is 30.5 Å². The summed E-state index contributed by atoms with van der Waals surface area (Å²) in [6.45, 7) is 10.6. The van der Waals surface area contributed by atoms with Crippen molar-refractivity contribution in [2.75, 3.05) is 6.54 Å². The molecule has 108 valence electrons. The molecule has 0 aliphatic carbocycles. The van der Waals surface area contributed by atoms with Crippen LogP contribution in [0.3, 0.4) is 0 Å². The average molecular weight is 272 g/mol. The van der Waals surface area contributed by atoms with Gasteiger partial charge in [-0.25, -0.2) is 4.68 Å². The standard InChI is InChI=1S/C16H24N4/c1-5-10-17-11-14-12-20(19-18-14)15-8-6-13(7-9-15)16(2,3)4/h6-9,12,17H,5,10-11H2,1-4H3. The Kier molecular flexibility index (Phi) is 4.55. The lowest BCUT2D eigenvalue weighted by Gasteiger charge is -2.18. The van der Waals surface area contributed by atoms with Crippen molar-refractivity contribution in [1.29, 1.82) is 0 Å². The van der Waals surface area contributed by atoms with Crippen molar-refractivity contribution in [3.8, 4) is 5.69 Å². The van der Waals surface area contributed by atoms with Crippen molar-refractivity contribution < 1.29 is 0 Å². The Labute approximate surface area is 121 Å². The first-order valence-electron chi connectivity index (χ1n) is 7.23. The highest BCUT2D eigenvalue weighted by molar-refractivity contribution is 5.36. The molecule has 4 heteroatoms. The lowest BCUT2D eigenvalue weighted by Crippen LogP contribution is -2.13. The zero-order chi connectivity index (χ0) is 14.6. The summed E-state index contributed by atoms with van der Waals surface area (Å²) in [6, 6.07) is 8.51. The minimum absolute atomic E-state index is 0.177. The molecule has 2 aromatic rings. The van der Waals surface area contributed by atoms with Gasteiger partial charge in [-0.15, -0.1) is 5.10 Å². The summed E-state index contributed by atoms with van der Waals surface area (Å²) in [5.41, 5.74) is 3.52. The number of aromatic nitrogens is 3. The molecule has 0 saturated heterocycles. The van der Waals surface area contributed by atoms with Crippen LogP contribution in [0.5, 0.6) is 0 Å². The van der Waals surface area contributed by atoms with E-state index < -0.39 is 0 Å². The van der Waals surface area contributed by atoms with Crippen molar-refractivity contribution in [2.24, 2.45) is 0 Å². The smallest absolute Gasteiger partial charge is 0.0969 e. The Bertz CT molecular complexity index is 534. The Morgan fingerprint density at radius 2 is 1.85 bits per heavy atom. The minimum Gasteiger partial charge on any atom is -0.311 e. The summed E-state index contributed by atoms with van der Waals surface area (Å²) in [4.78, 5) is 0. The predicted octanol–water partition coefficient (Wildman–Crippen LogP) is 3.06. The van der Waals surface area contributed by atoms with Gasteiger partial charge in [0, 0.05) is 6.54 Å². The molecule has 20 heavy (non-hydrogen) atoms. The van der Waals surface area contributed by atoms with Gasteiger partial charge in [-0.1, -0.05) is 45.0 Å². The second-order valence-electron chi connectivity index (χ2n) is 6.13. The molecule has 0 amide bonds. The third-order valence-electron chi connectivity index (χ3n) is 3.27. The first kappa shape index (κ1) is 14.7. The molecule has 1 heterocycles. The molecule has 0 aliphatic heterocycles. The summed E-state index contributed by atoms with van der Waals surface area (Å²) in [6.07, 6.45) is 3.11. The van der Waals surface area contributed by atoms with Crippen LogP contribution in [0.25, 0.3) is 5.69 Å². The SMILES string of the molecule is CCCNCc1cn(-c2ccc(C(C)(C)C)cc2)nn1. The number of benzene rings is 1. The molecule has 1 aromatic heterocycles. The van der Waals surface area contributed by atoms with E-state index in [1.54, 1.807) is 0 Å². The summed E-state index contributed by atoms with van der Waals surface area (Å²) in [7, 11) is 0. The monoisotopic (exact) mass is 272 g/mol. The fourth-order valence-electron chi connectivity index (χ4n) is 2.01. The molecule has 4 nitrogen and oxygen atoms in total. The Morgan fingerprint density at radius 1 is 1.15 bits per heavy atom. The number of nitrogens with zero attached hydrogens (tertiary/aromatic N) is 3. The summed E-state index contributed by atoms with van der Waals surface area (Å²) in [5.74, 6) is 0. The van der Waals surface area contributed by atoms with Crippen molar-refractivity contribution in [3.63, 3.8) is 0 Å². The summed E-state index contributed by atoms with van der Waals surface area (Å²) in [5, 5.41) is 11.7. The first-order valence-corrected chi connectivity index (χ1v) is 7.23. The fourth-order valence-corrected chi connectivity index (χ4v) is 2.01. The predicted molar refractivity (Wildman–Crippen MR) is 82.1 cm³/mol. The Hall–Kier alpha value is -1.68. The summed E-state index contributed by atoms with van der Waals surface area (Å²) < 4.78 is 1.83. The van der Waals surface area contributed by atoms with E-state index in [9.17, 15) is 0 Å². The van der Waals surface area contributed by atoms with E-state index in [2.05, 4.69) is 67.6 Å². The highest BCUT2D eigenvalue weighted by atomic mass is 15.4. The van der Waals surface area contributed by atoms with E-state index in [1.807, 2.05) is 10.9 Å². The maximum absolute atomic E-state index is 4.19. The van der Waals surface area contributed by atoms with Crippen LogP contribution in [0.4, 0.5) is 0 Å². The van der Waals surface area contributed by atoms with Gasteiger partial charge in [-0.3, -0.25) is 0 Å². The zero-order valence-electron chi connectivity index (χ0n) is 12.8. The third-order valence-corrected chi connectivity index (χ3v) is 3.27. The van der Waals surface area contributed by atoms with Crippen LogP contribution in [0, 0.1) is 0 Å².